The van der Waals surface area contributed by atoms with Gasteiger partial charge in [0.1, 0.15) is 11.9 Å². The van der Waals surface area contributed by atoms with Crippen LogP contribution in [0.4, 0.5) is 5.82 Å². The highest BCUT2D eigenvalue weighted by Crippen LogP contribution is 2.24. The van der Waals surface area contributed by atoms with Crippen molar-refractivity contribution in [3.63, 3.8) is 0 Å². The third kappa shape index (κ3) is 4.67. The topological polar surface area (TPSA) is 43.4 Å². The lowest BCUT2D eigenvalue weighted by atomic mass is 10.0. The Bertz CT molecular complexity index is 432. The maximum atomic E-state index is 6.02. The van der Waals surface area contributed by atoms with Crippen molar-refractivity contribution in [2.45, 2.75) is 71.3 Å². The summed E-state index contributed by atoms with van der Waals surface area (Å²) >= 11 is 0. The largest absolute Gasteiger partial charge is 0.474 e. The van der Waals surface area contributed by atoms with Crippen molar-refractivity contribution in [3.05, 3.63) is 18.2 Å². The third-order valence-electron chi connectivity index (χ3n) is 3.17. The molecule has 2 unspecified atom stereocenters. The molecular weight excluding hydrogens is 252 g/mol. The molecule has 2 heterocycles. The van der Waals surface area contributed by atoms with Crippen LogP contribution in [-0.2, 0) is 4.74 Å². The highest BCUT2D eigenvalue weighted by atomic mass is 16.5. The molecule has 1 fully saturated rings. The Balaban J connectivity index is 2.00. The van der Waals surface area contributed by atoms with Gasteiger partial charge in [-0.2, -0.15) is 4.98 Å². The van der Waals surface area contributed by atoms with E-state index in [1.807, 2.05) is 18.2 Å². The minimum atomic E-state index is -0.00662. The van der Waals surface area contributed by atoms with Gasteiger partial charge in [0.25, 0.3) is 0 Å². The molecule has 1 aliphatic rings. The highest BCUT2D eigenvalue weighted by Gasteiger charge is 2.26. The fourth-order valence-electron chi connectivity index (χ4n) is 2.55. The van der Waals surface area contributed by atoms with Crippen molar-refractivity contribution in [2.24, 2.45) is 0 Å². The van der Waals surface area contributed by atoms with Gasteiger partial charge in [-0.3, -0.25) is 0 Å². The van der Waals surface area contributed by atoms with E-state index in [0.717, 1.165) is 18.7 Å². The van der Waals surface area contributed by atoms with Crippen molar-refractivity contribution in [1.29, 1.82) is 0 Å². The standard InChI is InChI=1S/C16H26N2O2/c1-11-9-13(10-12(2)19-11)20-15-8-6-7-14(17-15)18-16(3,4)5/h6-8,11-13H,9-10H2,1-5H3,(H,17,18). The average Bonchev–Trinajstić information content (AvgIpc) is 2.25. The summed E-state index contributed by atoms with van der Waals surface area (Å²) in [6.07, 6.45) is 2.52. The molecule has 2 atom stereocenters. The van der Waals surface area contributed by atoms with Crippen LogP contribution in [0.2, 0.25) is 0 Å². The number of hydrogen-bond acceptors (Lipinski definition) is 4. The summed E-state index contributed by atoms with van der Waals surface area (Å²) in [6.45, 7) is 10.5. The summed E-state index contributed by atoms with van der Waals surface area (Å²) in [4.78, 5) is 4.53. The fourth-order valence-corrected chi connectivity index (χ4v) is 2.55. The van der Waals surface area contributed by atoms with Crippen molar-refractivity contribution in [1.82, 2.24) is 4.98 Å². The summed E-state index contributed by atoms with van der Waals surface area (Å²) in [6, 6.07) is 5.86. The molecule has 4 heteroatoms. The van der Waals surface area contributed by atoms with E-state index in [0.29, 0.717) is 5.88 Å². The van der Waals surface area contributed by atoms with Crippen LogP contribution < -0.4 is 10.1 Å². The average molecular weight is 278 g/mol. The van der Waals surface area contributed by atoms with Crippen LogP contribution >= 0.6 is 0 Å². The van der Waals surface area contributed by atoms with Gasteiger partial charge in [-0.25, -0.2) is 0 Å². The molecule has 0 aliphatic carbocycles. The number of rotatable bonds is 3. The number of anilines is 1. The van der Waals surface area contributed by atoms with E-state index in [1.165, 1.54) is 0 Å². The molecule has 0 radical (unpaired) electrons. The molecule has 2 rings (SSSR count). The molecule has 20 heavy (non-hydrogen) atoms. The van der Waals surface area contributed by atoms with E-state index in [1.54, 1.807) is 0 Å². The van der Waals surface area contributed by atoms with Gasteiger partial charge in [0.2, 0.25) is 5.88 Å². The second kappa shape index (κ2) is 6.00. The summed E-state index contributed by atoms with van der Waals surface area (Å²) in [5.41, 5.74) is -0.00662. The molecule has 0 saturated carbocycles. The maximum absolute atomic E-state index is 6.02. The fraction of sp³-hybridized carbons (Fsp3) is 0.688. The summed E-state index contributed by atoms with van der Waals surface area (Å²) in [7, 11) is 0. The van der Waals surface area contributed by atoms with E-state index in [4.69, 9.17) is 9.47 Å². The molecule has 1 aromatic rings. The lowest BCUT2D eigenvalue weighted by Crippen LogP contribution is -2.36. The molecule has 0 bridgehead atoms. The van der Waals surface area contributed by atoms with E-state index >= 15 is 0 Å². The highest BCUT2D eigenvalue weighted by molar-refractivity contribution is 5.39. The monoisotopic (exact) mass is 278 g/mol. The number of pyridine rings is 1. The van der Waals surface area contributed by atoms with E-state index < -0.39 is 0 Å². The minimum absolute atomic E-state index is 0.00662. The van der Waals surface area contributed by atoms with Crippen molar-refractivity contribution >= 4 is 5.82 Å². The van der Waals surface area contributed by atoms with Gasteiger partial charge in [0.05, 0.1) is 12.2 Å². The van der Waals surface area contributed by atoms with Crippen LogP contribution in [0.5, 0.6) is 5.88 Å². The normalized spacial score (nSPS) is 27.1. The number of nitrogens with zero attached hydrogens (tertiary/aromatic N) is 1. The van der Waals surface area contributed by atoms with Crippen LogP contribution in [0, 0.1) is 0 Å². The van der Waals surface area contributed by atoms with Crippen LogP contribution in [0.1, 0.15) is 47.5 Å². The van der Waals surface area contributed by atoms with Gasteiger partial charge in [0.15, 0.2) is 0 Å². The van der Waals surface area contributed by atoms with Crippen molar-refractivity contribution < 1.29 is 9.47 Å². The van der Waals surface area contributed by atoms with Crippen molar-refractivity contribution in [3.8, 4) is 5.88 Å². The summed E-state index contributed by atoms with van der Waals surface area (Å²) in [5.74, 6) is 1.54. The van der Waals surface area contributed by atoms with Crippen LogP contribution in [-0.4, -0.2) is 28.8 Å². The van der Waals surface area contributed by atoms with E-state index in [2.05, 4.69) is 44.9 Å². The molecule has 1 aliphatic heterocycles. The van der Waals surface area contributed by atoms with Gasteiger partial charge in [-0.15, -0.1) is 0 Å². The molecule has 1 N–H and O–H groups in total. The van der Waals surface area contributed by atoms with E-state index in [9.17, 15) is 0 Å². The smallest absolute Gasteiger partial charge is 0.215 e. The Morgan fingerprint density at radius 2 is 1.85 bits per heavy atom. The lowest BCUT2D eigenvalue weighted by Gasteiger charge is -2.32. The molecule has 1 aromatic heterocycles. The van der Waals surface area contributed by atoms with Gasteiger partial charge in [-0.1, -0.05) is 6.07 Å². The molecule has 112 valence electrons. The maximum Gasteiger partial charge on any atom is 0.215 e. The van der Waals surface area contributed by atoms with Gasteiger partial charge in [-0.05, 0) is 40.7 Å². The van der Waals surface area contributed by atoms with Crippen LogP contribution in [0.3, 0.4) is 0 Å². The number of nitrogens with one attached hydrogen (secondary N) is 1. The molecule has 0 amide bonds. The number of aromatic nitrogens is 1. The number of hydrogen-bond donors (Lipinski definition) is 1. The first-order valence-corrected chi connectivity index (χ1v) is 7.39. The van der Waals surface area contributed by atoms with Gasteiger partial charge < -0.3 is 14.8 Å². The second-order valence-electron chi connectivity index (χ2n) is 6.70. The second-order valence-corrected chi connectivity index (χ2v) is 6.70. The minimum Gasteiger partial charge on any atom is -0.474 e. The SMILES string of the molecule is CC1CC(Oc2cccc(NC(C)(C)C)n2)CC(C)O1. The molecule has 4 nitrogen and oxygen atoms in total. The Hall–Kier alpha value is -1.29. The Morgan fingerprint density at radius 3 is 2.45 bits per heavy atom. The predicted molar refractivity (Wildman–Crippen MR) is 81.3 cm³/mol. The quantitative estimate of drug-likeness (QED) is 0.917. The molecule has 0 spiro atoms. The zero-order chi connectivity index (χ0) is 14.8. The summed E-state index contributed by atoms with van der Waals surface area (Å²) < 4.78 is 11.8. The Morgan fingerprint density at radius 1 is 1.20 bits per heavy atom. The van der Waals surface area contributed by atoms with Gasteiger partial charge >= 0.3 is 0 Å². The zero-order valence-corrected chi connectivity index (χ0v) is 13.1. The van der Waals surface area contributed by atoms with E-state index in [-0.39, 0.29) is 23.9 Å². The molecule has 0 aromatic carbocycles. The third-order valence-corrected chi connectivity index (χ3v) is 3.17. The first-order chi connectivity index (χ1) is 9.32. The zero-order valence-electron chi connectivity index (χ0n) is 13.1. The lowest BCUT2D eigenvalue weighted by molar-refractivity contribution is -0.0729. The Kier molecular flexibility index (Phi) is 4.53. The van der Waals surface area contributed by atoms with Crippen LogP contribution in [0.15, 0.2) is 18.2 Å². The number of ether oxygens (including phenoxy) is 2. The van der Waals surface area contributed by atoms with Gasteiger partial charge in [0, 0.05) is 24.4 Å². The summed E-state index contributed by atoms with van der Waals surface area (Å²) in [5, 5.41) is 3.36. The Labute approximate surface area is 121 Å². The first kappa shape index (κ1) is 15.1. The first-order valence-electron chi connectivity index (χ1n) is 7.39. The molecule has 1 saturated heterocycles. The predicted octanol–water partition coefficient (Wildman–Crippen LogP) is 3.63. The van der Waals surface area contributed by atoms with Crippen LogP contribution in [0.25, 0.3) is 0 Å². The molecular formula is C16H26N2O2. The van der Waals surface area contributed by atoms with Crippen molar-refractivity contribution in [2.75, 3.05) is 5.32 Å².